The van der Waals surface area contributed by atoms with Gasteiger partial charge in [0, 0.05) is 5.39 Å². The summed E-state index contributed by atoms with van der Waals surface area (Å²) in [7, 11) is 0. The number of esters is 1. The van der Waals surface area contributed by atoms with E-state index in [9.17, 15) is 9.59 Å². The number of ether oxygens (including phenoxy) is 1. The lowest BCUT2D eigenvalue weighted by Gasteiger charge is -2.18. The molecule has 1 heterocycles. The molecule has 0 atom stereocenters. The molecule has 1 aromatic heterocycles. The zero-order valence-corrected chi connectivity index (χ0v) is 16.5. The molecule has 4 rings (SSSR count). The van der Waals surface area contributed by atoms with Gasteiger partial charge in [-0.15, -0.1) is 0 Å². The van der Waals surface area contributed by atoms with Crippen LogP contribution in [0.2, 0.25) is 0 Å². The monoisotopic (exact) mass is 399 g/mol. The van der Waals surface area contributed by atoms with Gasteiger partial charge in [-0.05, 0) is 30.2 Å². The zero-order valence-electron chi connectivity index (χ0n) is 16.5. The maximum absolute atomic E-state index is 13.5. The van der Waals surface area contributed by atoms with E-state index in [1.807, 2.05) is 72.8 Å². The van der Waals surface area contributed by atoms with Crippen LogP contribution in [-0.2, 0) is 9.53 Å². The molecule has 0 fully saturated rings. The number of nitrogens with one attached hydrogen (secondary N) is 1. The minimum absolute atomic E-state index is 0.00808. The average molecular weight is 399 g/mol. The van der Waals surface area contributed by atoms with Gasteiger partial charge in [0.05, 0.1) is 12.5 Å². The third-order valence-corrected chi connectivity index (χ3v) is 4.83. The largest absolute Gasteiger partial charge is 0.460 e. The first kappa shape index (κ1) is 19.5. The normalized spacial score (nSPS) is 10.9. The standard InChI is InChI=1S/C25H21NO4/c1-2-29-25(28)23-22(19-15-9-10-16-20(19)30-23)26-24(27)21(17-11-5-3-6-12-17)18-13-7-4-8-14-18/h3-16,21H,2H2,1H3,(H,26,27). The van der Waals surface area contributed by atoms with Crippen molar-refractivity contribution >= 4 is 28.5 Å². The van der Waals surface area contributed by atoms with Gasteiger partial charge in [-0.25, -0.2) is 4.79 Å². The lowest BCUT2D eigenvalue weighted by atomic mass is 9.90. The highest BCUT2D eigenvalue weighted by Gasteiger charge is 2.28. The Morgan fingerprint density at radius 3 is 2.03 bits per heavy atom. The van der Waals surface area contributed by atoms with Gasteiger partial charge in [0.15, 0.2) is 0 Å². The number of fused-ring (bicyclic) bond motifs is 1. The first-order valence-corrected chi connectivity index (χ1v) is 9.78. The lowest BCUT2D eigenvalue weighted by Crippen LogP contribution is -2.23. The Hall–Kier alpha value is -3.86. The number of amides is 1. The SMILES string of the molecule is CCOC(=O)c1oc2ccccc2c1NC(=O)C(c1ccccc1)c1ccccc1. The van der Waals surface area contributed by atoms with E-state index in [1.165, 1.54) is 0 Å². The molecule has 5 nitrogen and oxygen atoms in total. The van der Waals surface area contributed by atoms with Crippen molar-refractivity contribution in [2.75, 3.05) is 11.9 Å². The molecule has 0 bridgehead atoms. The molecule has 0 aliphatic heterocycles. The van der Waals surface area contributed by atoms with Crippen LogP contribution in [0, 0.1) is 0 Å². The number of hydrogen-bond donors (Lipinski definition) is 1. The number of furan rings is 1. The Balaban J connectivity index is 1.77. The fraction of sp³-hybridized carbons (Fsp3) is 0.120. The second-order valence-corrected chi connectivity index (χ2v) is 6.77. The van der Waals surface area contributed by atoms with Gasteiger partial charge in [-0.2, -0.15) is 0 Å². The van der Waals surface area contributed by atoms with Gasteiger partial charge in [-0.1, -0.05) is 72.8 Å². The van der Waals surface area contributed by atoms with Crippen LogP contribution in [0.1, 0.15) is 34.5 Å². The van der Waals surface area contributed by atoms with Gasteiger partial charge < -0.3 is 14.5 Å². The van der Waals surface area contributed by atoms with Crippen molar-refractivity contribution in [1.29, 1.82) is 0 Å². The van der Waals surface area contributed by atoms with Gasteiger partial charge in [0.1, 0.15) is 11.3 Å². The molecule has 150 valence electrons. The molecule has 1 N–H and O–H groups in total. The van der Waals surface area contributed by atoms with Crippen LogP contribution < -0.4 is 5.32 Å². The minimum atomic E-state index is -0.611. The maximum atomic E-state index is 13.5. The highest BCUT2D eigenvalue weighted by atomic mass is 16.5. The van der Waals surface area contributed by atoms with Crippen molar-refractivity contribution in [1.82, 2.24) is 0 Å². The predicted octanol–water partition coefficient (Wildman–Crippen LogP) is 5.38. The molecule has 4 aromatic rings. The smallest absolute Gasteiger partial charge is 0.376 e. The van der Waals surface area contributed by atoms with Gasteiger partial charge in [0.25, 0.3) is 0 Å². The summed E-state index contributed by atoms with van der Waals surface area (Å²) < 4.78 is 10.8. The lowest BCUT2D eigenvalue weighted by molar-refractivity contribution is -0.116. The molecule has 3 aromatic carbocycles. The molecule has 0 saturated heterocycles. The van der Waals surface area contributed by atoms with Crippen molar-refractivity contribution in [2.45, 2.75) is 12.8 Å². The molecule has 0 aliphatic carbocycles. The minimum Gasteiger partial charge on any atom is -0.460 e. The predicted molar refractivity (Wildman–Crippen MR) is 116 cm³/mol. The van der Waals surface area contributed by atoms with E-state index in [1.54, 1.807) is 19.1 Å². The second-order valence-electron chi connectivity index (χ2n) is 6.77. The molecule has 30 heavy (non-hydrogen) atoms. The number of carbonyl (C=O) groups is 2. The Bertz CT molecular complexity index is 1130. The van der Waals surface area contributed by atoms with E-state index in [0.717, 1.165) is 11.1 Å². The Morgan fingerprint density at radius 1 is 0.867 bits per heavy atom. The van der Waals surface area contributed by atoms with Crippen LogP contribution in [0.4, 0.5) is 5.69 Å². The summed E-state index contributed by atoms with van der Waals surface area (Å²) in [6.45, 7) is 1.93. The molecular weight excluding hydrogens is 378 g/mol. The van der Waals surface area contributed by atoms with E-state index in [4.69, 9.17) is 9.15 Å². The summed E-state index contributed by atoms with van der Waals surface area (Å²) in [5.74, 6) is -1.42. The van der Waals surface area contributed by atoms with Crippen molar-refractivity contribution in [2.24, 2.45) is 0 Å². The van der Waals surface area contributed by atoms with E-state index in [0.29, 0.717) is 16.7 Å². The summed E-state index contributed by atoms with van der Waals surface area (Å²) in [6.07, 6.45) is 0. The fourth-order valence-electron chi connectivity index (χ4n) is 3.49. The molecular formula is C25H21NO4. The van der Waals surface area contributed by atoms with Crippen LogP contribution in [0.15, 0.2) is 89.3 Å². The number of hydrogen-bond acceptors (Lipinski definition) is 4. The highest BCUT2D eigenvalue weighted by Crippen LogP contribution is 2.33. The van der Waals surface area contributed by atoms with Crippen molar-refractivity contribution in [3.05, 3.63) is 102 Å². The topological polar surface area (TPSA) is 68.5 Å². The van der Waals surface area contributed by atoms with Gasteiger partial charge >= 0.3 is 5.97 Å². The number of anilines is 1. The van der Waals surface area contributed by atoms with E-state index < -0.39 is 11.9 Å². The summed E-state index contributed by atoms with van der Waals surface area (Å²) >= 11 is 0. The zero-order chi connectivity index (χ0) is 20.9. The van der Waals surface area contributed by atoms with Crippen molar-refractivity contribution in [3.8, 4) is 0 Å². The molecule has 0 spiro atoms. The molecule has 0 aliphatic rings. The van der Waals surface area contributed by atoms with Gasteiger partial charge in [-0.3, -0.25) is 4.79 Å². The van der Waals surface area contributed by atoms with Crippen LogP contribution in [0.3, 0.4) is 0 Å². The first-order valence-electron chi connectivity index (χ1n) is 9.78. The first-order chi connectivity index (χ1) is 14.7. The molecule has 1 amide bonds. The number of para-hydroxylation sites is 1. The fourth-order valence-corrected chi connectivity index (χ4v) is 3.49. The summed E-state index contributed by atoms with van der Waals surface area (Å²) in [4.78, 5) is 25.9. The maximum Gasteiger partial charge on any atom is 0.376 e. The van der Waals surface area contributed by atoms with Crippen molar-refractivity contribution < 1.29 is 18.7 Å². The Morgan fingerprint density at radius 2 is 1.43 bits per heavy atom. The number of benzene rings is 3. The van der Waals surface area contributed by atoms with Gasteiger partial charge in [0.2, 0.25) is 11.7 Å². The molecule has 5 heteroatoms. The quantitative estimate of drug-likeness (QED) is 0.442. The highest BCUT2D eigenvalue weighted by molar-refractivity contribution is 6.11. The van der Waals surface area contributed by atoms with E-state index >= 15 is 0 Å². The molecule has 0 unspecified atom stereocenters. The van der Waals surface area contributed by atoms with E-state index in [2.05, 4.69) is 5.32 Å². The second kappa shape index (κ2) is 8.66. The Labute approximate surface area is 174 Å². The summed E-state index contributed by atoms with van der Waals surface area (Å²) in [6, 6.07) is 26.3. The summed E-state index contributed by atoms with van der Waals surface area (Å²) in [5.41, 5.74) is 2.54. The average Bonchev–Trinajstić information content (AvgIpc) is 3.14. The number of rotatable bonds is 6. The third kappa shape index (κ3) is 3.82. The van der Waals surface area contributed by atoms with Crippen LogP contribution in [0.5, 0.6) is 0 Å². The molecule has 0 saturated carbocycles. The van der Waals surface area contributed by atoms with E-state index in [-0.39, 0.29) is 18.3 Å². The van der Waals surface area contributed by atoms with Crippen molar-refractivity contribution in [3.63, 3.8) is 0 Å². The van der Waals surface area contributed by atoms with Crippen LogP contribution >= 0.6 is 0 Å². The molecule has 0 radical (unpaired) electrons. The third-order valence-electron chi connectivity index (χ3n) is 4.83. The Kier molecular flexibility index (Phi) is 5.61. The van der Waals surface area contributed by atoms with Crippen LogP contribution in [-0.4, -0.2) is 18.5 Å². The summed E-state index contributed by atoms with van der Waals surface area (Å²) in [5, 5.41) is 3.58. The van der Waals surface area contributed by atoms with Crippen LogP contribution in [0.25, 0.3) is 11.0 Å². The number of carbonyl (C=O) groups excluding carboxylic acids is 2.